The summed E-state index contributed by atoms with van der Waals surface area (Å²) < 4.78 is 25.4. The van der Waals surface area contributed by atoms with Crippen LogP contribution in [0.2, 0.25) is 0 Å². The molecule has 0 aliphatic carbocycles. The number of esters is 4. The molecule has 8 aliphatic rings. The summed E-state index contributed by atoms with van der Waals surface area (Å²) in [6.45, 7) is 2.88. The summed E-state index contributed by atoms with van der Waals surface area (Å²) in [6.07, 6.45) is 2.76. The van der Waals surface area contributed by atoms with Gasteiger partial charge in [-0.3, -0.25) is 38.4 Å². The number of ether oxygens (including phenoxy) is 5. The van der Waals surface area contributed by atoms with Crippen molar-refractivity contribution >= 4 is 83.1 Å². The maximum absolute atomic E-state index is 11.5. The average Bonchev–Trinajstić information content (AvgIpc) is 3.79. The number of hydrogen-bond donors (Lipinski definition) is 4. The Morgan fingerprint density at radius 1 is 0.717 bits per heavy atom. The van der Waals surface area contributed by atoms with E-state index in [4.69, 9.17) is 24.4 Å². The van der Waals surface area contributed by atoms with Crippen molar-refractivity contribution < 1.29 is 72.3 Å². The zero-order valence-corrected chi connectivity index (χ0v) is 26.8. The second-order valence-electron chi connectivity index (χ2n) is 11.7. The van der Waals surface area contributed by atoms with E-state index in [2.05, 4.69) is 34.7 Å². The third-order valence-electron chi connectivity index (χ3n) is 8.91. The van der Waals surface area contributed by atoms with Crippen LogP contribution in [0.15, 0.2) is 12.2 Å². The van der Waals surface area contributed by atoms with Crippen LogP contribution < -0.4 is 0 Å². The van der Waals surface area contributed by atoms with Crippen LogP contribution in [-0.4, -0.2) is 103 Å². The molecule has 0 amide bonds. The quantitative estimate of drug-likeness (QED) is 0.132. The second-order valence-corrected chi connectivity index (χ2v) is 14.5. The molecule has 7 fully saturated rings. The minimum atomic E-state index is -1.11. The lowest BCUT2D eigenvalue weighted by atomic mass is 9.79. The van der Waals surface area contributed by atoms with E-state index < -0.39 is 71.7 Å². The molecule has 14 atom stereocenters. The number of rotatable bonds is 3. The molecule has 0 radical (unpaired) electrons. The van der Waals surface area contributed by atoms with Crippen LogP contribution in [-0.2, 0) is 62.0 Å². The fourth-order valence-electron chi connectivity index (χ4n) is 7.26. The summed E-state index contributed by atoms with van der Waals surface area (Å²) in [4.78, 5) is 87.1. The zero-order chi connectivity index (χ0) is 33.8. The number of fused-ring (bicyclic) bond motifs is 12. The van der Waals surface area contributed by atoms with Crippen LogP contribution in [0, 0.1) is 35.5 Å². The van der Waals surface area contributed by atoms with Gasteiger partial charge in [-0.2, -0.15) is 12.6 Å². The van der Waals surface area contributed by atoms with Crippen molar-refractivity contribution in [1.82, 2.24) is 0 Å². The number of carboxylic acid groups (broad SMARTS) is 2. The van der Waals surface area contributed by atoms with Gasteiger partial charge in [-0.25, -0.2) is 0 Å². The SMILES string of the molecule is CC(=O)S.CC(=O)SC1CC2OC1C1C(=O)OC(=O)C21.O=C(O)C1C2CC(S)C(O2)C1C(=O)O.O=C1OC(=O)C2C3C=CC(O3)C12. The van der Waals surface area contributed by atoms with Gasteiger partial charge in [-0.05, 0) is 12.8 Å². The van der Waals surface area contributed by atoms with E-state index in [0.717, 1.165) is 0 Å². The first-order chi connectivity index (χ1) is 21.6. The van der Waals surface area contributed by atoms with Gasteiger partial charge >= 0.3 is 35.8 Å². The zero-order valence-electron chi connectivity index (χ0n) is 24.2. The van der Waals surface area contributed by atoms with Gasteiger partial charge in [0.15, 0.2) is 10.2 Å². The molecule has 0 saturated carbocycles. The molecule has 0 spiro atoms. The molecule has 0 aromatic rings. The minimum Gasteiger partial charge on any atom is -0.481 e. The first-order valence-corrected chi connectivity index (χ1v) is 16.1. The normalized spacial score (nSPS) is 42.5. The molecule has 15 nitrogen and oxygen atoms in total. The molecule has 0 aromatic carbocycles. The summed E-state index contributed by atoms with van der Waals surface area (Å²) in [5.74, 6) is -7.53. The topological polar surface area (TPSA) is 223 Å². The predicted octanol–water partition coefficient (Wildman–Crippen LogP) is 0.0812. The Morgan fingerprint density at radius 2 is 1.20 bits per heavy atom. The average molecular weight is 703 g/mol. The van der Waals surface area contributed by atoms with E-state index in [-0.39, 0.29) is 57.0 Å². The fraction of sp³-hybridized carbons (Fsp3) is 0.643. The van der Waals surface area contributed by atoms with E-state index in [1.165, 1.54) is 25.6 Å². The van der Waals surface area contributed by atoms with Crippen molar-refractivity contribution in [2.45, 2.75) is 73.8 Å². The van der Waals surface area contributed by atoms with Gasteiger partial charge in [-0.15, -0.1) is 12.6 Å². The highest BCUT2D eigenvalue weighted by Gasteiger charge is 2.65. The maximum atomic E-state index is 11.5. The number of thioether (sulfide) groups is 1. The smallest absolute Gasteiger partial charge is 0.320 e. The first-order valence-electron chi connectivity index (χ1n) is 14.3. The Bertz CT molecular complexity index is 1370. The number of carbonyl (C=O) groups is 8. The van der Waals surface area contributed by atoms with Gasteiger partial charge in [0.05, 0.1) is 54.4 Å². The van der Waals surface area contributed by atoms with E-state index >= 15 is 0 Å². The number of hydrogen-bond acceptors (Lipinski definition) is 15. The number of carbonyl (C=O) groups excluding carboxylic acids is 6. The molecule has 46 heavy (non-hydrogen) atoms. The Kier molecular flexibility index (Phi) is 10.1. The highest BCUT2D eigenvalue weighted by Crippen LogP contribution is 2.51. The Morgan fingerprint density at radius 3 is 1.70 bits per heavy atom. The molecule has 14 unspecified atom stereocenters. The standard InChI is InChI=1S/C10H10O5S.C8H10O5S.C8H6O4.C2H4OS/c1-3(11)16-5-2-4-6-7(8(5)14-4)10(13)15-9(6)12;9-7(10)4-2-1-3(14)6(13-2)5(4)8(11)12;9-7-5-3-1-2-4(11-3)6(5)8(10)12-7;1-2(3)4/h4-8H,2H2,1H3;2-6,14H,1H2,(H,9,10)(H,11,12);1-6H;1H3,(H,3,4). The molecule has 0 aromatic heterocycles. The van der Waals surface area contributed by atoms with Crippen LogP contribution in [0.5, 0.6) is 0 Å². The van der Waals surface area contributed by atoms with Crippen molar-refractivity contribution in [3.05, 3.63) is 12.2 Å². The maximum Gasteiger partial charge on any atom is 0.320 e. The lowest BCUT2D eigenvalue weighted by Gasteiger charge is -2.24. The van der Waals surface area contributed by atoms with Crippen molar-refractivity contribution in [2.75, 3.05) is 0 Å². The summed E-state index contributed by atoms with van der Waals surface area (Å²) in [5.41, 5.74) is 0. The van der Waals surface area contributed by atoms with Crippen LogP contribution in [0.3, 0.4) is 0 Å². The van der Waals surface area contributed by atoms with Gasteiger partial charge in [0.1, 0.15) is 17.8 Å². The third-order valence-corrected chi connectivity index (χ3v) is 10.5. The summed E-state index contributed by atoms with van der Waals surface area (Å²) in [6, 6.07) is 0. The van der Waals surface area contributed by atoms with Crippen molar-refractivity contribution in [1.29, 1.82) is 0 Å². The lowest BCUT2D eigenvalue weighted by Crippen LogP contribution is -2.42. The molecule has 8 heterocycles. The Balaban J connectivity index is 0.000000129. The van der Waals surface area contributed by atoms with Gasteiger partial charge in [0.2, 0.25) is 0 Å². The molecule has 18 heteroatoms. The van der Waals surface area contributed by atoms with Crippen molar-refractivity contribution in [2.24, 2.45) is 35.5 Å². The van der Waals surface area contributed by atoms with Crippen molar-refractivity contribution in [3.63, 3.8) is 0 Å². The molecule has 250 valence electrons. The summed E-state index contributed by atoms with van der Waals surface area (Å²) in [7, 11) is 0. The van der Waals surface area contributed by atoms with Crippen LogP contribution in [0.4, 0.5) is 0 Å². The summed E-state index contributed by atoms with van der Waals surface area (Å²) in [5, 5.41) is 17.5. The van der Waals surface area contributed by atoms with Crippen LogP contribution >= 0.6 is 37.0 Å². The largest absolute Gasteiger partial charge is 0.481 e. The molecule has 2 N–H and O–H groups in total. The predicted molar refractivity (Wildman–Crippen MR) is 157 cm³/mol. The second kappa shape index (κ2) is 13.4. The lowest BCUT2D eigenvalue weighted by molar-refractivity contribution is -0.158. The van der Waals surface area contributed by atoms with Gasteiger partial charge in [0, 0.05) is 24.3 Å². The molecular weight excluding hydrogens is 672 g/mol. The number of cyclic esters (lactones) is 4. The van der Waals surface area contributed by atoms with Crippen LogP contribution in [0.25, 0.3) is 0 Å². The first kappa shape index (κ1) is 34.6. The number of thiol groups is 2. The Labute approximate surface area is 276 Å². The van der Waals surface area contributed by atoms with E-state index in [0.29, 0.717) is 12.8 Å². The van der Waals surface area contributed by atoms with Crippen molar-refractivity contribution in [3.8, 4) is 0 Å². The summed E-state index contributed by atoms with van der Waals surface area (Å²) >= 11 is 8.70. The molecular formula is C28H30O15S3. The monoisotopic (exact) mass is 702 g/mol. The molecule has 7 saturated heterocycles. The minimum absolute atomic E-state index is 0.00962. The molecule has 8 rings (SSSR count). The molecule has 6 bridgehead atoms. The third kappa shape index (κ3) is 6.38. The van der Waals surface area contributed by atoms with Gasteiger partial charge in [0.25, 0.3) is 0 Å². The number of aliphatic carboxylic acids is 2. The van der Waals surface area contributed by atoms with E-state index in [9.17, 15) is 38.4 Å². The fourth-order valence-corrected chi connectivity index (χ4v) is 8.80. The van der Waals surface area contributed by atoms with Crippen LogP contribution in [0.1, 0.15) is 26.7 Å². The Hall–Kier alpha value is -2.77. The molecule has 8 aliphatic heterocycles. The highest BCUT2D eigenvalue weighted by molar-refractivity contribution is 8.14. The number of carboxylic acids is 2. The van der Waals surface area contributed by atoms with Gasteiger partial charge in [-0.1, -0.05) is 23.9 Å². The van der Waals surface area contributed by atoms with E-state index in [1.807, 2.05) is 12.2 Å². The van der Waals surface area contributed by atoms with E-state index in [1.54, 1.807) is 0 Å². The van der Waals surface area contributed by atoms with Gasteiger partial charge < -0.3 is 33.9 Å². The highest BCUT2D eigenvalue weighted by atomic mass is 32.2.